The second kappa shape index (κ2) is 7.30. The normalized spacial score (nSPS) is 15.0. The Kier molecular flexibility index (Phi) is 5.14. The zero-order chi connectivity index (χ0) is 17.1. The number of carbonyl (C=O) groups excluding carboxylic acids is 1. The van der Waals surface area contributed by atoms with Gasteiger partial charge in [-0.15, -0.1) is 11.8 Å². The van der Waals surface area contributed by atoms with Crippen molar-refractivity contribution in [2.24, 2.45) is 0 Å². The Morgan fingerprint density at radius 2 is 2.17 bits per heavy atom. The van der Waals surface area contributed by atoms with E-state index < -0.39 is 0 Å². The average molecular weight is 345 g/mol. The van der Waals surface area contributed by atoms with E-state index in [2.05, 4.69) is 11.9 Å². The van der Waals surface area contributed by atoms with Gasteiger partial charge in [-0.2, -0.15) is 0 Å². The summed E-state index contributed by atoms with van der Waals surface area (Å²) in [6.07, 6.45) is 0.803. The number of nitrogens with one attached hydrogen (secondary N) is 1. The summed E-state index contributed by atoms with van der Waals surface area (Å²) in [5.74, 6) is 2.85. The van der Waals surface area contributed by atoms with E-state index in [1.807, 2.05) is 36.1 Å². The van der Waals surface area contributed by atoms with Crippen molar-refractivity contribution in [1.29, 1.82) is 0 Å². The van der Waals surface area contributed by atoms with Gasteiger partial charge in [-0.3, -0.25) is 4.79 Å². The smallest absolute Gasteiger partial charge is 0.235 e. The summed E-state index contributed by atoms with van der Waals surface area (Å²) in [5, 5.41) is 0.0144. The second-order valence-electron chi connectivity index (χ2n) is 5.85. The number of aromatic amines is 1. The fourth-order valence-corrected chi connectivity index (χ4v) is 3.74. The molecule has 0 aliphatic carbocycles. The van der Waals surface area contributed by atoms with Gasteiger partial charge in [0.2, 0.25) is 5.91 Å². The Hall–Kier alpha value is -1.95. The van der Waals surface area contributed by atoms with Gasteiger partial charge in [0, 0.05) is 18.5 Å². The van der Waals surface area contributed by atoms with Crippen LogP contribution < -0.4 is 4.74 Å². The number of imidazole rings is 1. The molecule has 1 aliphatic heterocycles. The minimum Gasteiger partial charge on any atom is -0.497 e. The molecule has 1 aromatic heterocycles. The Morgan fingerprint density at radius 1 is 1.42 bits per heavy atom. The second-order valence-corrected chi connectivity index (χ2v) is 7.46. The van der Waals surface area contributed by atoms with E-state index in [0.717, 1.165) is 47.2 Å². The molecule has 3 rings (SSSR count). The summed E-state index contributed by atoms with van der Waals surface area (Å²) in [7, 11) is 1.66. The number of rotatable bonds is 5. The number of hydrogen-bond acceptors (Lipinski definition) is 4. The maximum Gasteiger partial charge on any atom is 0.235 e. The number of benzene rings is 1. The first-order valence-corrected chi connectivity index (χ1v) is 9.29. The zero-order valence-electron chi connectivity index (χ0n) is 14.3. The standard InChI is InChI=1S/C18H23N3O2S/c1-4-24-12(2)18(22)21-10-9-15-16(11-21)20-17(19-15)13-5-7-14(23-3)8-6-13/h5-8,12H,4,9-11H2,1-3H3,(H,19,20). The fraction of sp³-hybridized carbons (Fsp3) is 0.444. The van der Waals surface area contributed by atoms with Crippen molar-refractivity contribution in [1.82, 2.24) is 14.9 Å². The lowest BCUT2D eigenvalue weighted by Crippen LogP contribution is -2.40. The molecule has 0 saturated heterocycles. The number of carbonyl (C=O) groups is 1. The molecule has 1 N–H and O–H groups in total. The van der Waals surface area contributed by atoms with Gasteiger partial charge in [0.25, 0.3) is 0 Å². The molecule has 1 aliphatic rings. The quantitative estimate of drug-likeness (QED) is 0.905. The summed E-state index contributed by atoms with van der Waals surface area (Å²) < 4.78 is 5.19. The van der Waals surface area contributed by atoms with Crippen molar-refractivity contribution < 1.29 is 9.53 Å². The Balaban J connectivity index is 1.75. The lowest BCUT2D eigenvalue weighted by atomic mass is 10.1. The van der Waals surface area contributed by atoms with Gasteiger partial charge in [-0.1, -0.05) is 6.92 Å². The minimum atomic E-state index is 0.0144. The third-order valence-electron chi connectivity index (χ3n) is 4.27. The van der Waals surface area contributed by atoms with Crippen molar-refractivity contribution in [2.75, 3.05) is 19.4 Å². The Labute approximate surface area is 146 Å². The molecule has 0 fully saturated rings. The predicted molar refractivity (Wildman–Crippen MR) is 97.3 cm³/mol. The number of aromatic nitrogens is 2. The first kappa shape index (κ1) is 16.9. The molecule has 0 bridgehead atoms. The van der Waals surface area contributed by atoms with E-state index in [-0.39, 0.29) is 11.2 Å². The van der Waals surface area contributed by atoms with Crippen LogP contribution in [0.25, 0.3) is 11.4 Å². The van der Waals surface area contributed by atoms with Gasteiger partial charge < -0.3 is 14.6 Å². The van der Waals surface area contributed by atoms with E-state index in [9.17, 15) is 4.79 Å². The fourth-order valence-electron chi connectivity index (χ4n) is 2.95. The molecule has 6 heteroatoms. The number of fused-ring (bicyclic) bond motifs is 1. The average Bonchev–Trinajstić information content (AvgIpc) is 3.04. The largest absolute Gasteiger partial charge is 0.497 e. The van der Waals surface area contributed by atoms with Crippen LogP contribution in [-0.4, -0.2) is 45.4 Å². The molecule has 5 nitrogen and oxygen atoms in total. The molecule has 24 heavy (non-hydrogen) atoms. The molecule has 1 unspecified atom stereocenters. The number of thioether (sulfide) groups is 1. The molecule has 2 aromatic rings. The van der Waals surface area contributed by atoms with E-state index in [4.69, 9.17) is 9.72 Å². The number of ether oxygens (including phenoxy) is 1. The summed E-state index contributed by atoms with van der Waals surface area (Å²) in [6.45, 7) is 5.43. The van der Waals surface area contributed by atoms with E-state index in [1.165, 1.54) is 0 Å². The SMILES string of the molecule is CCSC(C)C(=O)N1CCc2nc(-c3ccc(OC)cc3)[nH]c2C1. The summed E-state index contributed by atoms with van der Waals surface area (Å²) in [5.41, 5.74) is 3.15. The van der Waals surface area contributed by atoms with Gasteiger partial charge in [-0.25, -0.2) is 4.98 Å². The molecule has 2 heterocycles. The summed E-state index contributed by atoms with van der Waals surface area (Å²) in [6, 6.07) is 7.84. The minimum absolute atomic E-state index is 0.0144. The lowest BCUT2D eigenvalue weighted by molar-refractivity contribution is -0.131. The van der Waals surface area contributed by atoms with Crippen LogP contribution >= 0.6 is 11.8 Å². The van der Waals surface area contributed by atoms with Gasteiger partial charge in [0.1, 0.15) is 11.6 Å². The third kappa shape index (κ3) is 3.43. The highest BCUT2D eigenvalue weighted by molar-refractivity contribution is 8.00. The van der Waals surface area contributed by atoms with Gasteiger partial charge in [0.05, 0.1) is 30.3 Å². The van der Waals surface area contributed by atoms with Crippen molar-refractivity contribution in [3.8, 4) is 17.1 Å². The number of amides is 1. The molecule has 0 saturated carbocycles. The monoisotopic (exact) mass is 345 g/mol. The Morgan fingerprint density at radius 3 is 2.83 bits per heavy atom. The van der Waals surface area contributed by atoms with Crippen LogP contribution in [0.4, 0.5) is 0 Å². The highest BCUT2D eigenvalue weighted by Crippen LogP contribution is 2.25. The maximum atomic E-state index is 12.5. The van der Waals surface area contributed by atoms with Gasteiger partial charge >= 0.3 is 0 Å². The molecule has 128 valence electrons. The topological polar surface area (TPSA) is 58.2 Å². The summed E-state index contributed by atoms with van der Waals surface area (Å²) in [4.78, 5) is 22.5. The molecule has 0 spiro atoms. The summed E-state index contributed by atoms with van der Waals surface area (Å²) >= 11 is 1.69. The van der Waals surface area contributed by atoms with Crippen molar-refractivity contribution in [3.05, 3.63) is 35.7 Å². The highest BCUT2D eigenvalue weighted by Gasteiger charge is 2.26. The van der Waals surface area contributed by atoms with Crippen LogP contribution in [0.5, 0.6) is 5.75 Å². The predicted octanol–water partition coefficient (Wildman–Crippen LogP) is 3.11. The zero-order valence-corrected chi connectivity index (χ0v) is 15.2. The third-order valence-corrected chi connectivity index (χ3v) is 5.31. The van der Waals surface area contributed by atoms with E-state index in [1.54, 1.807) is 18.9 Å². The number of H-pyrrole nitrogens is 1. The van der Waals surface area contributed by atoms with Crippen LogP contribution in [0.1, 0.15) is 25.2 Å². The molecule has 0 radical (unpaired) electrons. The van der Waals surface area contributed by atoms with Crippen LogP contribution in [0.2, 0.25) is 0 Å². The number of hydrogen-bond donors (Lipinski definition) is 1. The van der Waals surface area contributed by atoms with Crippen LogP contribution in [0.15, 0.2) is 24.3 Å². The van der Waals surface area contributed by atoms with E-state index in [0.29, 0.717) is 6.54 Å². The Bertz CT molecular complexity index is 712. The van der Waals surface area contributed by atoms with Crippen molar-refractivity contribution in [2.45, 2.75) is 32.1 Å². The van der Waals surface area contributed by atoms with Gasteiger partial charge in [-0.05, 0) is 36.9 Å². The van der Waals surface area contributed by atoms with Crippen LogP contribution in [0.3, 0.4) is 0 Å². The first-order valence-electron chi connectivity index (χ1n) is 8.25. The maximum absolute atomic E-state index is 12.5. The van der Waals surface area contributed by atoms with Gasteiger partial charge in [0.15, 0.2) is 0 Å². The molecule has 1 atom stereocenters. The van der Waals surface area contributed by atoms with Crippen LogP contribution in [-0.2, 0) is 17.8 Å². The van der Waals surface area contributed by atoms with E-state index >= 15 is 0 Å². The number of methoxy groups -OCH3 is 1. The number of nitrogens with zero attached hydrogens (tertiary/aromatic N) is 2. The molecular weight excluding hydrogens is 322 g/mol. The first-order chi connectivity index (χ1) is 11.6. The molecule has 1 aromatic carbocycles. The lowest BCUT2D eigenvalue weighted by Gasteiger charge is -2.28. The molecule has 1 amide bonds. The highest BCUT2D eigenvalue weighted by atomic mass is 32.2. The van der Waals surface area contributed by atoms with Crippen molar-refractivity contribution in [3.63, 3.8) is 0 Å². The van der Waals surface area contributed by atoms with Crippen LogP contribution in [0, 0.1) is 0 Å². The molecular formula is C18H23N3O2S. The van der Waals surface area contributed by atoms with Crippen molar-refractivity contribution >= 4 is 17.7 Å².